The summed E-state index contributed by atoms with van der Waals surface area (Å²) < 4.78 is 40.0. The largest absolute Gasteiger partial charge is 0.404 e. The van der Waals surface area contributed by atoms with Gasteiger partial charge in [-0.3, -0.25) is 4.79 Å². The fourth-order valence-corrected chi connectivity index (χ4v) is 3.21. The second-order valence-electron chi connectivity index (χ2n) is 5.97. The Morgan fingerprint density at radius 1 is 1.50 bits per heavy atom. The summed E-state index contributed by atoms with van der Waals surface area (Å²) in [5.74, 6) is -0.796. The number of halogens is 3. The second-order valence-corrected chi connectivity index (χ2v) is 5.97. The Morgan fingerprint density at radius 2 is 2.20 bits per heavy atom. The maximum absolute atomic E-state index is 13.3. The van der Waals surface area contributed by atoms with Crippen LogP contribution in [0.2, 0.25) is 0 Å². The van der Waals surface area contributed by atoms with Crippen LogP contribution >= 0.6 is 0 Å². The van der Waals surface area contributed by atoms with Crippen molar-refractivity contribution in [2.45, 2.75) is 31.5 Å². The standard InChI is InChI=1S/C13H22F3N3O/c1-18-7-3-4-10(18)8-19(2)11(20)12(13(14,15)16)5-6-17-9-12/h10,17H,3-9H2,1-2H3. The van der Waals surface area contributed by atoms with E-state index in [1.54, 1.807) is 0 Å². The molecule has 0 saturated carbocycles. The lowest BCUT2D eigenvalue weighted by Crippen LogP contribution is -2.54. The highest BCUT2D eigenvalue weighted by Gasteiger charge is 2.62. The second kappa shape index (κ2) is 5.52. The van der Waals surface area contributed by atoms with E-state index >= 15 is 0 Å². The van der Waals surface area contributed by atoms with Gasteiger partial charge in [0, 0.05) is 26.2 Å². The van der Waals surface area contributed by atoms with Crippen molar-refractivity contribution in [1.82, 2.24) is 15.1 Å². The van der Waals surface area contributed by atoms with E-state index in [1.165, 1.54) is 11.9 Å². The molecule has 116 valence electrons. The molecule has 20 heavy (non-hydrogen) atoms. The topological polar surface area (TPSA) is 35.6 Å². The van der Waals surface area contributed by atoms with Crippen molar-refractivity contribution in [3.05, 3.63) is 0 Å². The van der Waals surface area contributed by atoms with E-state index in [2.05, 4.69) is 10.2 Å². The van der Waals surface area contributed by atoms with Crippen LogP contribution in [0.15, 0.2) is 0 Å². The lowest BCUT2D eigenvalue weighted by Gasteiger charge is -2.35. The number of hydrogen-bond acceptors (Lipinski definition) is 3. The number of alkyl halides is 3. The van der Waals surface area contributed by atoms with Crippen LogP contribution in [0.3, 0.4) is 0 Å². The van der Waals surface area contributed by atoms with Gasteiger partial charge in [0.2, 0.25) is 5.91 Å². The van der Waals surface area contributed by atoms with Crippen molar-refractivity contribution < 1.29 is 18.0 Å². The molecule has 2 saturated heterocycles. The summed E-state index contributed by atoms with van der Waals surface area (Å²) in [7, 11) is 3.44. The molecule has 1 amide bonds. The summed E-state index contributed by atoms with van der Waals surface area (Å²) >= 11 is 0. The zero-order valence-electron chi connectivity index (χ0n) is 12.0. The molecule has 0 aliphatic carbocycles. The van der Waals surface area contributed by atoms with Crippen LogP contribution in [0, 0.1) is 5.41 Å². The van der Waals surface area contributed by atoms with Crippen molar-refractivity contribution in [2.75, 3.05) is 40.3 Å². The summed E-state index contributed by atoms with van der Waals surface area (Å²) in [6.07, 6.45) is -2.69. The molecule has 0 aromatic rings. The smallest absolute Gasteiger partial charge is 0.343 e. The van der Waals surface area contributed by atoms with Crippen LogP contribution in [0.4, 0.5) is 13.2 Å². The highest BCUT2D eigenvalue weighted by molar-refractivity contribution is 5.84. The third kappa shape index (κ3) is 2.65. The molecule has 1 N–H and O–H groups in total. The Bertz CT molecular complexity index is 366. The lowest BCUT2D eigenvalue weighted by molar-refractivity contribution is -0.221. The molecule has 0 bridgehead atoms. The zero-order valence-corrected chi connectivity index (χ0v) is 12.0. The van der Waals surface area contributed by atoms with Gasteiger partial charge in [-0.25, -0.2) is 0 Å². The van der Waals surface area contributed by atoms with Crippen LogP contribution in [-0.4, -0.2) is 68.2 Å². The molecule has 4 nitrogen and oxygen atoms in total. The molecule has 0 aromatic heterocycles. The summed E-state index contributed by atoms with van der Waals surface area (Å²) in [5, 5.41) is 2.68. The summed E-state index contributed by atoms with van der Waals surface area (Å²) in [6, 6.07) is 0.170. The van der Waals surface area contributed by atoms with Crippen molar-refractivity contribution in [3.63, 3.8) is 0 Å². The molecule has 2 unspecified atom stereocenters. The molecule has 0 aromatic carbocycles. The van der Waals surface area contributed by atoms with Crippen molar-refractivity contribution in [1.29, 1.82) is 0 Å². The van der Waals surface area contributed by atoms with Crippen molar-refractivity contribution in [2.24, 2.45) is 5.41 Å². The number of nitrogens with one attached hydrogen (secondary N) is 1. The first kappa shape index (κ1) is 15.6. The van der Waals surface area contributed by atoms with E-state index < -0.39 is 17.5 Å². The number of amides is 1. The minimum Gasteiger partial charge on any atom is -0.343 e. The van der Waals surface area contributed by atoms with Gasteiger partial charge in [-0.05, 0) is 39.4 Å². The van der Waals surface area contributed by atoms with Gasteiger partial charge in [0.25, 0.3) is 0 Å². The third-order valence-electron chi connectivity index (χ3n) is 4.61. The number of carbonyl (C=O) groups is 1. The highest BCUT2D eigenvalue weighted by atomic mass is 19.4. The first-order valence-corrected chi connectivity index (χ1v) is 7.01. The molecular weight excluding hydrogens is 271 g/mol. The molecular formula is C13H22F3N3O. The quantitative estimate of drug-likeness (QED) is 0.846. The summed E-state index contributed by atoms with van der Waals surface area (Å²) in [4.78, 5) is 15.7. The summed E-state index contributed by atoms with van der Waals surface area (Å²) in [5.41, 5.74) is -2.24. The number of nitrogens with zero attached hydrogens (tertiary/aromatic N) is 2. The predicted molar refractivity (Wildman–Crippen MR) is 69.3 cm³/mol. The summed E-state index contributed by atoms with van der Waals surface area (Å²) in [6.45, 7) is 1.24. The van der Waals surface area contributed by atoms with E-state index in [0.29, 0.717) is 6.54 Å². The Balaban J connectivity index is 2.08. The molecule has 2 fully saturated rings. The van der Waals surface area contributed by atoms with Crippen molar-refractivity contribution in [3.8, 4) is 0 Å². The minimum absolute atomic E-state index is 0.166. The van der Waals surface area contributed by atoms with Gasteiger partial charge in [-0.2, -0.15) is 13.2 Å². The maximum atomic E-state index is 13.3. The van der Waals surface area contributed by atoms with E-state index in [9.17, 15) is 18.0 Å². The number of rotatable bonds is 3. The number of hydrogen-bond donors (Lipinski definition) is 1. The van der Waals surface area contributed by atoms with E-state index in [-0.39, 0.29) is 25.6 Å². The molecule has 2 aliphatic rings. The Kier molecular flexibility index (Phi) is 4.30. The molecule has 2 atom stereocenters. The monoisotopic (exact) mass is 293 g/mol. The van der Waals surface area contributed by atoms with Gasteiger partial charge in [0.05, 0.1) is 0 Å². The van der Waals surface area contributed by atoms with Crippen LogP contribution in [-0.2, 0) is 4.79 Å². The van der Waals surface area contributed by atoms with Crippen LogP contribution < -0.4 is 5.32 Å². The third-order valence-corrected chi connectivity index (χ3v) is 4.61. The predicted octanol–water partition coefficient (Wildman–Crippen LogP) is 1.08. The van der Waals surface area contributed by atoms with Crippen molar-refractivity contribution >= 4 is 5.91 Å². The van der Waals surface area contributed by atoms with Crippen LogP contribution in [0.1, 0.15) is 19.3 Å². The zero-order chi connectivity index (χ0) is 15.0. The first-order chi connectivity index (χ1) is 9.28. The highest BCUT2D eigenvalue weighted by Crippen LogP contribution is 2.44. The molecule has 0 spiro atoms. The molecule has 2 aliphatic heterocycles. The normalized spacial score (nSPS) is 31.8. The van der Waals surface area contributed by atoms with Gasteiger partial charge < -0.3 is 15.1 Å². The Hall–Kier alpha value is -0.820. The number of carbonyl (C=O) groups excluding carboxylic acids is 1. The lowest BCUT2D eigenvalue weighted by atomic mass is 9.84. The fraction of sp³-hybridized carbons (Fsp3) is 0.923. The molecule has 0 radical (unpaired) electrons. The van der Waals surface area contributed by atoms with Gasteiger partial charge in [0.15, 0.2) is 5.41 Å². The minimum atomic E-state index is -4.50. The van der Waals surface area contributed by atoms with Gasteiger partial charge >= 0.3 is 6.18 Å². The maximum Gasteiger partial charge on any atom is 0.404 e. The molecule has 2 heterocycles. The fourth-order valence-electron chi connectivity index (χ4n) is 3.21. The van der Waals surface area contributed by atoms with E-state index in [1.807, 2.05) is 7.05 Å². The Labute approximate surface area is 117 Å². The SMILES string of the molecule is CN(CC1CCCN1C)C(=O)C1(C(F)(F)F)CCNC1. The molecule has 2 rings (SSSR count). The van der Waals surface area contributed by atoms with Crippen LogP contribution in [0.25, 0.3) is 0 Å². The van der Waals surface area contributed by atoms with E-state index in [4.69, 9.17) is 0 Å². The van der Waals surface area contributed by atoms with Gasteiger partial charge in [-0.15, -0.1) is 0 Å². The van der Waals surface area contributed by atoms with Gasteiger partial charge in [0.1, 0.15) is 0 Å². The van der Waals surface area contributed by atoms with Gasteiger partial charge in [-0.1, -0.05) is 0 Å². The van der Waals surface area contributed by atoms with E-state index in [0.717, 1.165) is 19.4 Å². The average Bonchev–Trinajstić information content (AvgIpc) is 2.98. The number of likely N-dealkylation sites (tertiary alicyclic amines) is 1. The average molecular weight is 293 g/mol. The number of likely N-dealkylation sites (N-methyl/N-ethyl adjacent to an activating group) is 2. The van der Waals surface area contributed by atoms with Crippen LogP contribution in [0.5, 0.6) is 0 Å². The Morgan fingerprint density at radius 3 is 2.65 bits per heavy atom. The molecule has 7 heteroatoms. The first-order valence-electron chi connectivity index (χ1n) is 7.01.